The van der Waals surface area contributed by atoms with E-state index in [1.165, 1.54) is 30.5 Å². The first-order valence-corrected chi connectivity index (χ1v) is 8.31. The number of carbonyl (C=O) groups is 1. The van der Waals surface area contributed by atoms with Crippen molar-refractivity contribution < 1.29 is 19.0 Å². The van der Waals surface area contributed by atoms with E-state index in [9.17, 15) is 14.9 Å². The molecular weight excluding hydrogens is 380 g/mol. The fourth-order valence-electron chi connectivity index (χ4n) is 2.42. The molecular formula is C18H12N6O5. The number of aromatic nitrogens is 5. The van der Waals surface area contributed by atoms with Gasteiger partial charge in [-0.05, 0) is 30.3 Å². The van der Waals surface area contributed by atoms with Crippen molar-refractivity contribution in [2.45, 2.75) is 6.61 Å². The molecule has 0 saturated heterocycles. The van der Waals surface area contributed by atoms with E-state index in [1.54, 1.807) is 35.3 Å². The van der Waals surface area contributed by atoms with Crippen molar-refractivity contribution >= 4 is 11.7 Å². The summed E-state index contributed by atoms with van der Waals surface area (Å²) < 4.78 is 11.8. The quantitative estimate of drug-likeness (QED) is 0.275. The van der Waals surface area contributed by atoms with E-state index in [0.717, 1.165) is 0 Å². The van der Waals surface area contributed by atoms with Crippen LogP contribution in [0, 0.1) is 10.1 Å². The standard InChI is InChI=1S/C18H12N6O5/c25-18(13-4-7-15(19-10-13)23-9-1-8-20-23)28-11-16-21-17(22-29-16)12-2-5-14(6-3-12)24(26)27/h1-10H,11H2. The van der Waals surface area contributed by atoms with Crippen LogP contribution < -0.4 is 0 Å². The smallest absolute Gasteiger partial charge is 0.340 e. The van der Waals surface area contributed by atoms with Gasteiger partial charge in [-0.25, -0.2) is 14.5 Å². The molecule has 1 aromatic carbocycles. The molecule has 11 nitrogen and oxygen atoms in total. The van der Waals surface area contributed by atoms with E-state index >= 15 is 0 Å². The fourth-order valence-corrected chi connectivity index (χ4v) is 2.42. The summed E-state index contributed by atoms with van der Waals surface area (Å²) >= 11 is 0. The molecule has 0 unspecified atom stereocenters. The van der Waals surface area contributed by atoms with Gasteiger partial charge in [-0.1, -0.05) is 5.16 Å². The number of hydrogen-bond acceptors (Lipinski definition) is 9. The molecule has 0 aliphatic carbocycles. The Morgan fingerprint density at radius 1 is 1.21 bits per heavy atom. The van der Waals surface area contributed by atoms with Crippen molar-refractivity contribution in [1.29, 1.82) is 0 Å². The number of nitro benzene ring substituents is 1. The van der Waals surface area contributed by atoms with Gasteiger partial charge < -0.3 is 9.26 Å². The topological polar surface area (TPSA) is 139 Å². The Hall–Kier alpha value is -4.41. The molecule has 0 radical (unpaired) electrons. The molecule has 0 N–H and O–H groups in total. The summed E-state index contributed by atoms with van der Waals surface area (Å²) in [6.07, 6.45) is 4.74. The average Bonchev–Trinajstić information content (AvgIpc) is 3.44. The molecule has 4 rings (SSSR count). The summed E-state index contributed by atoms with van der Waals surface area (Å²) in [7, 11) is 0. The average molecular weight is 392 g/mol. The largest absolute Gasteiger partial charge is 0.452 e. The number of nitrogens with zero attached hydrogens (tertiary/aromatic N) is 6. The minimum atomic E-state index is -0.598. The van der Waals surface area contributed by atoms with Crippen molar-refractivity contribution in [3.63, 3.8) is 0 Å². The molecule has 0 aliphatic rings. The van der Waals surface area contributed by atoms with Crippen LogP contribution in [0.1, 0.15) is 16.2 Å². The molecule has 4 aromatic rings. The number of rotatable bonds is 6. The Bertz CT molecular complexity index is 1140. The zero-order valence-electron chi connectivity index (χ0n) is 14.7. The summed E-state index contributed by atoms with van der Waals surface area (Å²) in [5, 5.41) is 18.5. The number of carbonyl (C=O) groups excluding carboxylic acids is 1. The first-order chi connectivity index (χ1) is 14.1. The van der Waals surface area contributed by atoms with E-state index in [-0.39, 0.29) is 29.6 Å². The van der Waals surface area contributed by atoms with E-state index in [4.69, 9.17) is 9.26 Å². The van der Waals surface area contributed by atoms with Crippen LogP contribution in [0.2, 0.25) is 0 Å². The molecule has 0 bridgehead atoms. The Morgan fingerprint density at radius 2 is 2.03 bits per heavy atom. The lowest BCUT2D eigenvalue weighted by molar-refractivity contribution is -0.384. The van der Waals surface area contributed by atoms with Gasteiger partial charge in [0.25, 0.3) is 11.6 Å². The highest BCUT2D eigenvalue weighted by Gasteiger charge is 2.14. The lowest BCUT2D eigenvalue weighted by Crippen LogP contribution is -2.07. The summed E-state index contributed by atoms with van der Waals surface area (Å²) in [6.45, 7) is -0.222. The SMILES string of the molecule is O=C(OCc1nc(-c2ccc([N+](=O)[O-])cc2)no1)c1ccc(-n2cccn2)nc1. The van der Waals surface area contributed by atoms with Gasteiger partial charge >= 0.3 is 5.97 Å². The van der Waals surface area contributed by atoms with Crippen LogP contribution in [0.5, 0.6) is 0 Å². The molecule has 29 heavy (non-hydrogen) atoms. The molecule has 3 aromatic heterocycles. The van der Waals surface area contributed by atoms with Gasteiger partial charge in [-0.2, -0.15) is 10.1 Å². The molecule has 0 fully saturated rings. The number of ether oxygens (including phenoxy) is 1. The third-order valence-corrected chi connectivity index (χ3v) is 3.85. The summed E-state index contributed by atoms with van der Waals surface area (Å²) in [6, 6.07) is 10.7. The van der Waals surface area contributed by atoms with Gasteiger partial charge in [0.15, 0.2) is 12.4 Å². The second-order valence-electron chi connectivity index (χ2n) is 5.75. The van der Waals surface area contributed by atoms with Crippen LogP contribution in [0.15, 0.2) is 65.6 Å². The van der Waals surface area contributed by atoms with Crippen LogP contribution in [-0.4, -0.2) is 35.8 Å². The van der Waals surface area contributed by atoms with Gasteiger partial charge in [-0.3, -0.25) is 10.1 Å². The van der Waals surface area contributed by atoms with Gasteiger partial charge in [0.05, 0.1) is 10.5 Å². The fraction of sp³-hybridized carbons (Fsp3) is 0.0556. The summed E-state index contributed by atoms with van der Waals surface area (Å²) in [5.74, 6) is 0.291. The van der Waals surface area contributed by atoms with Crippen molar-refractivity contribution in [2.75, 3.05) is 0 Å². The number of hydrogen-bond donors (Lipinski definition) is 0. The molecule has 0 amide bonds. The number of non-ortho nitro benzene ring substituents is 1. The second-order valence-corrected chi connectivity index (χ2v) is 5.75. The zero-order valence-corrected chi connectivity index (χ0v) is 14.7. The van der Waals surface area contributed by atoms with E-state index in [0.29, 0.717) is 11.4 Å². The maximum Gasteiger partial charge on any atom is 0.340 e. The lowest BCUT2D eigenvalue weighted by Gasteiger charge is -2.03. The zero-order chi connectivity index (χ0) is 20.2. The van der Waals surface area contributed by atoms with Gasteiger partial charge in [0, 0.05) is 36.3 Å². The van der Waals surface area contributed by atoms with Crippen LogP contribution in [0.3, 0.4) is 0 Å². The molecule has 0 aliphatic heterocycles. The minimum absolute atomic E-state index is 0.0430. The third-order valence-electron chi connectivity index (χ3n) is 3.85. The van der Waals surface area contributed by atoms with E-state index in [1.807, 2.05) is 0 Å². The van der Waals surface area contributed by atoms with Crippen molar-refractivity contribution in [3.05, 3.63) is 82.6 Å². The van der Waals surface area contributed by atoms with Crippen LogP contribution in [0.25, 0.3) is 17.2 Å². The Labute approximate surface area is 162 Å². The number of esters is 1. The maximum atomic E-state index is 12.2. The minimum Gasteiger partial charge on any atom is -0.452 e. The predicted octanol–water partition coefficient (Wildman–Crippen LogP) is 2.58. The van der Waals surface area contributed by atoms with Crippen LogP contribution >= 0.6 is 0 Å². The highest BCUT2D eigenvalue weighted by Crippen LogP contribution is 2.20. The van der Waals surface area contributed by atoms with Crippen LogP contribution in [-0.2, 0) is 11.3 Å². The van der Waals surface area contributed by atoms with Gasteiger partial charge in [0.1, 0.15) is 0 Å². The first kappa shape index (κ1) is 18.0. The second kappa shape index (κ2) is 7.68. The van der Waals surface area contributed by atoms with Crippen LogP contribution in [0.4, 0.5) is 5.69 Å². The van der Waals surface area contributed by atoms with Crippen molar-refractivity contribution in [3.8, 4) is 17.2 Å². The first-order valence-electron chi connectivity index (χ1n) is 8.31. The van der Waals surface area contributed by atoms with Crippen molar-refractivity contribution in [1.82, 2.24) is 24.9 Å². The highest BCUT2D eigenvalue weighted by molar-refractivity contribution is 5.89. The molecule has 3 heterocycles. The van der Waals surface area contributed by atoms with Crippen molar-refractivity contribution in [2.24, 2.45) is 0 Å². The number of nitro groups is 1. The van der Waals surface area contributed by atoms with E-state index in [2.05, 4.69) is 20.2 Å². The molecule has 0 spiro atoms. The maximum absolute atomic E-state index is 12.2. The number of pyridine rings is 1. The number of benzene rings is 1. The molecule has 0 atom stereocenters. The van der Waals surface area contributed by atoms with Gasteiger partial charge in [-0.15, -0.1) is 0 Å². The summed E-state index contributed by atoms with van der Waals surface area (Å²) in [5.41, 5.74) is 0.755. The molecule has 11 heteroatoms. The predicted molar refractivity (Wildman–Crippen MR) is 96.9 cm³/mol. The summed E-state index contributed by atoms with van der Waals surface area (Å²) in [4.78, 5) is 30.6. The Balaban J connectivity index is 1.38. The normalized spacial score (nSPS) is 10.6. The lowest BCUT2D eigenvalue weighted by atomic mass is 10.2. The Morgan fingerprint density at radius 3 is 2.69 bits per heavy atom. The van der Waals surface area contributed by atoms with Gasteiger partial charge in [0.2, 0.25) is 5.82 Å². The van der Waals surface area contributed by atoms with E-state index < -0.39 is 10.9 Å². The third kappa shape index (κ3) is 3.98. The Kier molecular flexibility index (Phi) is 4.76. The monoisotopic (exact) mass is 392 g/mol. The molecule has 144 valence electrons. The molecule has 0 saturated carbocycles. The highest BCUT2D eigenvalue weighted by atomic mass is 16.6.